The molecule has 1 heterocycles. The van der Waals surface area contributed by atoms with Gasteiger partial charge in [0.15, 0.2) is 0 Å². The molecular formula is C18H17ClN4O. The second kappa shape index (κ2) is 7.19. The molecule has 0 radical (unpaired) electrons. The van der Waals surface area contributed by atoms with Gasteiger partial charge in [-0.3, -0.25) is 0 Å². The summed E-state index contributed by atoms with van der Waals surface area (Å²) < 4.78 is 5.15. The van der Waals surface area contributed by atoms with Crippen LogP contribution in [0, 0.1) is 0 Å². The first-order chi connectivity index (χ1) is 11.7. The molecular weight excluding hydrogens is 324 g/mol. The largest absolute Gasteiger partial charge is 0.495 e. The lowest BCUT2D eigenvalue weighted by molar-refractivity contribution is 0.415. The van der Waals surface area contributed by atoms with Gasteiger partial charge in [-0.1, -0.05) is 29.8 Å². The monoisotopic (exact) mass is 340 g/mol. The van der Waals surface area contributed by atoms with Crippen LogP contribution in [0.4, 0.5) is 23.1 Å². The second-order valence-corrected chi connectivity index (χ2v) is 5.51. The summed E-state index contributed by atoms with van der Waals surface area (Å²) in [4.78, 5) is 10.8. The number of anilines is 4. The van der Waals surface area contributed by atoms with Crippen molar-refractivity contribution in [3.63, 3.8) is 0 Å². The predicted molar refractivity (Wildman–Crippen MR) is 97.8 cm³/mol. The van der Waals surface area contributed by atoms with Gasteiger partial charge in [0.05, 0.1) is 12.1 Å². The van der Waals surface area contributed by atoms with Gasteiger partial charge in [-0.25, -0.2) is 4.98 Å². The smallest absolute Gasteiger partial charge is 0.229 e. The van der Waals surface area contributed by atoms with Gasteiger partial charge < -0.3 is 15.0 Å². The molecule has 5 nitrogen and oxygen atoms in total. The summed E-state index contributed by atoms with van der Waals surface area (Å²) in [6.07, 6.45) is 1.72. The molecule has 0 spiro atoms. The number of rotatable bonds is 5. The summed E-state index contributed by atoms with van der Waals surface area (Å²) in [5.74, 6) is 1.91. The fourth-order valence-electron chi connectivity index (χ4n) is 2.25. The molecule has 0 atom stereocenters. The quantitative estimate of drug-likeness (QED) is 0.732. The summed E-state index contributed by atoms with van der Waals surface area (Å²) >= 11 is 6.14. The number of benzene rings is 2. The number of aromatic nitrogens is 2. The van der Waals surface area contributed by atoms with Gasteiger partial charge >= 0.3 is 0 Å². The molecule has 0 fully saturated rings. The van der Waals surface area contributed by atoms with Crippen molar-refractivity contribution >= 4 is 34.7 Å². The Morgan fingerprint density at radius 2 is 1.88 bits per heavy atom. The van der Waals surface area contributed by atoms with Gasteiger partial charge in [0.2, 0.25) is 5.95 Å². The molecule has 0 bridgehead atoms. The van der Waals surface area contributed by atoms with Crippen molar-refractivity contribution in [2.24, 2.45) is 0 Å². The highest BCUT2D eigenvalue weighted by Gasteiger charge is 2.08. The van der Waals surface area contributed by atoms with Crippen molar-refractivity contribution in [3.8, 4) is 5.75 Å². The van der Waals surface area contributed by atoms with Crippen LogP contribution in [-0.4, -0.2) is 24.1 Å². The molecule has 3 rings (SSSR count). The van der Waals surface area contributed by atoms with E-state index in [0.29, 0.717) is 16.7 Å². The van der Waals surface area contributed by atoms with E-state index in [0.717, 1.165) is 17.2 Å². The minimum Gasteiger partial charge on any atom is -0.495 e. The van der Waals surface area contributed by atoms with Crippen LogP contribution in [0.15, 0.2) is 60.8 Å². The van der Waals surface area contributed by atoms with Crippen LogP contribution >= 0.6 is 11.6 Å². The number of para-hydroxylation sites is 1. The molecule has 122 valence electrons. The molecule has 3 aromatic rings. The normalized spacial score (nSPS) is 10.3. The van der Waals surface area contributed by atoms with E-state index in [4.69, 9.17) is 16.3 Å². The Balaban J connectivity index is 1.82. The first-order valence-electron chi connectivity index (χ1n) is 7.40. The standard InChI is InChI=1S/C18H17ClN4O/c1-23(14-6-4-3-5-7-14)17-10-11-20-18(22-17)21-13-8-9-16(24-2)15(19)12-13/h3-12H,1-2H3,(H,20,21,22). The lowest BCUT2D eigenvalue weighted by Crippen LogP contribution is -2.12. The molecule has 2 aromatic carbocycles. The van der Waals surface area contributed by atoms with Crippen LogP contribution in [0.1, 0.15) is 0 Å². The summed E-state index contributed by atoms with van der Waals surface area (Å²) in [6, 6.07) is 17.3. The first-order valence-corrected chi connectivity index (χ1v) is 7.77. The van der Waals surface area contributed by atoms with E-state index >= 15 is 0 Å². The number of methoxy groups -OCH3 is 1. The highest BCUT2D eigenvalue weighted by Crippen LogP contribution is 2.28. The zero-order valence-electron chi connectivity index (χ0n) is 13.4. The first kappa shape index (κ1) is 16.1. The van der Waals surface area contributed by atoms with Crippen molar-refractivity contribution in [1.82, 2.24) is 9.97 Å². The topological polar surface area (TPSA) is 50.3 Å². The maximum absolute atomic E-state index is 6.14. The van der Waals surface area contributed by atoms with E-state index in [1.807, 2.05) is 54.4 Å². The van der Waals surface area contributed by atoms with Crippen LogP contribution in [0.5, 0.6) is 5.75 Å². The van der Waals surface area contributed by atoms with Gasteiger partial charge in [-0.15, -0.1) is 0 Å². The maximum Gasteiger partial charge on any atom is 0.229 e. The Bertz CT molecular complexity index is 826. The third-order valence-corrected chi connectivity index (χ3v) is 3.83. The SMILES string of the molecule is COc1ccc(Nc2nccc(N(C)c3ccccc3)n2)cc1Cl. The number of nitrogens with zero attached hydrogens (tertiary/aromatic N) is 3. The van der Waals surface area contributed by atoms with Gasteiger partial charge in [0, 0.05) is 24.6 Å². The van der Waals surface area contributed by atoms with Crippen LogP contribution in [0.3, 0.4) is 0 Å². The summed E-state index contributed by atoms with van der Waals surface area (Å²) in [6.45, 7) is 0. The minimum absolute atomic E-state index is 0.497. The van der Waals surface area contributed by atoms with Crippen LogP contribution < -0.4 is 15.0 Å². The number of ether oxygens (including phenoxy) is 1. The van der Waals surface area contributed by atoms with Crippen LogP contribution in [-0.2, 0) is 0 Å². The molecule has 0 amide bonds. The second-order valence-electron chi connectivity index (χ2n) is 5.11. The molecule has 0 aliphatic heterocycles. The Labute approximate surface area is 145 Å². The molecule has 6 heteroatoms. The Morgan fingerprint density at radius 3 is 2.58 bits per heavy atom. The molecule has 24 heavy (non-hydrogen) atoms. The Morgan fingerprint density at radius 1 is 1.08 bits per heavy atom. The fourth-order valence-corrected chi connectivity index (χ4v) is 2.51. The third-order valence-electron chi connectivity index (χ3n) is 3.54. The van der Waals surface area contributed by atoms with E-state index in [9.17, 15) is 0 Å². The molecule has 0 aliphatic carbocycles. The molecule has 0 unspecified atom stereocenters. The Kier molecular flexibility index (Phi) is 4.82. The molecule has 1 aromatic heterocycles. The summed E-state index contributed by atoms with van der Waals surface area (Å²) in [5, 5.41) is 3.68. The van der Waals surface area contributed by atoms with E-state index in [1.54, 1.807) is 25.4 Å². The zero-order valence-corrected chi connectivity index (χ0v) is 14.2. The highest BCUT2D eigenvalue weighted by molar-refractivity contribution is 6.32. The van der Waals surface area contributed by atoms with Crippen molar-refractivity contribution in [1.29, 1.82) is 0 Å². The lowest BCUT2D eigenvalue weighted by atomic mass is 10.3. The van der Waals surface area contributed by atoms with Gasteiger partial charge in [0.1, 0.15) is 11.6 Å². The number of hydrogen-bond acceptors (Lipinski definition) is 5. The zero-order chi connectivity index (χ0) is 16.9. The van der Waals surface area contributed by atoms with Crippen LogP contribution in [0.2, 0.25) is 5.02 Å². The lowest BCUT2D eigenvalue weighted by Gasteiger charge is -2.18. The average Bonchev–Trinajstić information content (AvgIpc) is 2.62. The minimum atomic E-state index is 0.497. The molecule has 0 saturated carbocycles. The fraction of sp³-hybridized carbons (Fsp3) is 0.111. The Hall–Kier alpha value is -2.79. The van der Waals surface area contributed by atoms with Crippen LogP contribution in [0.25, 0.3) is 0 Å². The molecule has 1 N–H and O–H groups in total. The molecule has 0 saturated heterocycles. The van der Waals surface area contributed by atoms with E-state index in [1.165, 1.54) is 0 Å². The van der Waals surface area contributed by atoms with Crippen molar-refractivity contribution in [2.75, 3.05) is 24.4 Å². The van der Waals surface area contributed by atoms with Gasteiger partial charge in [-0.2, -0.15) is 4.98 Å². The predicted octanol–water partition coefficient (Wildman–Crippen LogP) is 4.65. The van der Waals surface area contributed by atoms with Crippen molar-refractivity contribution in [3.05, 3.63) is 65.8 Å². The van der Waals surface area contributed by atoms with E-state index in [-0.39, 0.29) is 0 Å². The maximum atomic E-state index is 6.14. The van der Waals surface area contributed by atoms with Crippen molar-refractivity contribution < 1.29 is 4.74 Å². The number of halogens is 1. The molecule has 0 aliphatic rings. The van der Waals surface area contributed by atoms with E-state index < -0.39 is 0 Å². The highest BCUT2D eigenvalue weighted by atomic mass is 35.5. The summed E-state index contributed by atoms with van der Waals surface area (Å²) in [7, 11) is 3.55. The van der Waals surface area contributed by atoms with E-state index in [2.05, 4.69) is 15.3 Å². The van der Waals surface area contributed by atoms with Gasteiger partial charge in [-0.05, 0) is 36.4 Å². The number of hydrogen-bond donors (Lipinski definition) is 1. The van der Waals surface area contributed by atoms with Gasteiger partial charge in [0.25, 0.3) is 0 Å². The third kappa shape index (κ3) is 3.58. The number of nitrogens with one attached hydrogen (secondary N) is 1. The summed E-state index contributed by atoms with van der Waals surface area (Å²) in [5.41, 5.74) is 1.84. The van der Waals surface area contributed by atoms with Crippen molar-refractivity contribution in [2.45, 2.75) is 0 Å². The average molecular weight is 341 g/mol.